The summed E-state index contributed by atoms with van der Waals surface area (Å²) in [6.45, 7) is 3.25. The minimum Gasteiger partial charge on any atom is -0.453 e. The van der Waals surface area contributed by atoms with Crippen LogP contribution in [0.25, 0.3) is 33.6 Å². The van der Waals surface area contributed by atoms with E-state index in [-0.39, 0.29) is 23.9 Å². The average molecular weight is 755 g/mol. The van der Waals surface area contributed by atoms with Crippen LogP contribution in [0.1, 0.15) is 71.7 Å². The van der Waals surface area contributed by atoms with Crippen LogP contribution < -0.4 is 5.32 Å². The van der Waals surface area contributed by atoms with E-state index in [1.54, 1.807) is 16.2 Å². The Balaban J connectivity index is 0.921. The first-order valence-corrected chi connectivity index (χ1v) is 19.4. The summed E-state index contributed by atoms with van der Waals surface area (Å²) in [4.78, 5) is 63.8. The second-order valence-corrected chi connectivity index (χ2v) is 15.0. The molecule has 3 atom stereocenters. The van der Waals surface area contributed by atoms with Gasteiger partial charge in [-0.2, -0.15) is 0 Å². The van der Waals surface area contributed by atoms with E-state index in [4.69, 9.17) is 14.7 Å². The number of thiazole rings is 1. The average Bonchev–Trinajstić information content (AvgIpc) is 4.07. The van der Waals surface area contributed by atoms with Gasteiger partial charge in [0.1, 0.15) is 17.7 Å². The Morgan fingerprint density at radius 1 is 0.800 bits per heavy atom. The highest BCUT2D eigenvalue weighted by molar-refractivity contribution is 7.09. The van der Waals surface area contributed by atoms with Crippen LogP contribution in [0.5, 0.6) is 0 Å². The molecule has 2 aliphatic rings. The molecule has 2 aliphatic heterocycles. The third kappa shape index (κ3) is 7.65. The van der Waals surface area contributed by atoms with Gasteiger partial charge in [0.25, 0.3) is 5.91 Å². The van der Waals surface area contributed by atoms with E-state index in [9.17, 15) is 14.4 Å². The number of H-pyrrole nitrogens is 2. The monoisotopic (exact) mass is 754 g/mol. The van der Waals surface area contributed by atoms with Crippen molar-refractivity contribution < 1.29 is 19.1 Å². The fraction of sp³-hybridized carbons (Fsp3) is 0.286. The molecule has 55 heavy (non-hydrogen) atoms. The molecule has 2 saturated heterocycles. The summed E-state index contributed by atoms with van der Waals surface area (Å²) in [5.74, 6) is 1.41. The molecule has 2 fully saturated rings. The number of aromatic amines is 2. The molecule has 8 rings (SSSR count). The van der Waals surface area contributed by atoms with Gasteiger partial charge < -0.3 is 29.8 Å². The minimum absolute atomic E-state index is 0.0633. The van der Waals surface area contributed by atoms with Crippen molar-refractivity contribution in [2.75, 3.05) is 20.2 Å². The van der Waals surface area contributed by atoms with Gasteiger partial charge in [-0.3, -0.25) is 9.59 Å². The largest absolute Gasteiger partial charge is 0.453 e. The number of amides is 3. The van der Waals surface area contributed by atoms with E-state index in [1.807, 2.05) is 59.9 Å². The smallest absolute Gasteiger partial charge is 0.407 e. The number of ether oxygens (including phenoxy) is 1. The SMILES string of the molecule is COC(=O)N[C@@H](C(=O)N1CCC[C@H]1c1ncc(-c2ccc(-c3ccc(-c4cnc([C@@H]5CCCN5C(=O)Cc5csc(C)n5)[nH]4)cc3)cc2)[nH]1)c1ccccc1. The Morgan fingerprint density at radius 3 is 1.89 bits per heavy atom. The fourth-order valence-corrected chi connectivity index (χ4v) is 8.29. The summed E-state index contributed by atoms with van der Waals surface area (Å²) < 4.78 is 4.82. The van der Waals surface area contributed by atoms with Gasteiger partial charge in [0.2, 0.25) is 5.91 Å². The number of carbonyl (C=O) groups is 3. The van der Waals surface area contributed by atoms with Crippen LogP contribution in [0.15, 0.2) is 96.6 Å². The van der Waals surface area contributed by atoms with Crippen LogP contribution in [0.2, 0.25) is 0 Å². The Bertz CT molecular complexity index is 2280. The summed E-state index contributed by atoms with van der Waals surface area (Å²) in [5, 5.41) is 5.65. The lowest BCUT2D eigenvalue weighted by molar-refractivity contribution is -0.134. The normalized spacial score (nSPS) is 17.3. The highest BCUT2D eigenvalue weighted by Gasteiger charge is 2.37. The Labute approximate surface area is 323 Å². The maximum absolute atomic E-state index is 13.9. The van der Waals surface area contributed by atoms with Gasteiger partial charge in [0, 0.05) is 18.5 Å². The third-order valence-electron chi connectivity index (χ3n) is 10.5. The second-order valence-electron chi connectivity index (χ2n) is 14.0. The number of aryl methyl sites for hydroxylation is 1. The van der Waals surface area contributed by atoms with Crippen molar-refractivity contribution in [2.24, 2.45) is 0 Å². The van der Waals surface area contributed by atoms with Crippen LogP contribution in [-0.2, 0) is 20.7 Å². The number of nitrogens with one attached hydrogen (secondary N) is 3. The van der Waals surface area contributed by atoms with E-state index in [0.717, 1.165) is 82.4 Å². The highest BCUT2D eigenvalue weighted by Crippen LogP contribution is 2.35. The number of rotatable bonds is 10. The predicted molar refractivity (Wildman–Crippen MR) is 210 cm³/mol. The van der Waals surface area contributed by atoms with Crippen LogP contribution in [0.4, 0.5) is 4.79 Å². The molecule has 13 heteroatoms. The molecule has 0 unspecified atom stereocenters. The molecule has 12 nitrogen and oxygen atoms in total. The van der Waals surface area contributed by atoms with Gasteiger partial charge in [-0.1, -0.05) is 78.9 Å². The molecular weight excluding hydrogens is 713 g/mol. The summed E-state index contributed by atoms with van der Waals surface area (Å²) in [6, 6.07) is 24.7. The summed E-state index contributed by atoms with van der Waals surface area (Å²) in [5.41, 5.74) is 7.46. The van der Waals surface area contributed by atoms with Gasteiger partial charge in [0.05, 0.1) is 60.1 Å². The molecule has 5 heterocycles. The molecule has 280 valence electrons. The molecule has 3 amide bonds. The number of hydrogen-bond donors (Lipinski definition) is 3. The first kappa shape index (κ1) is 35.9. The van der Waals surface area contributed by atoms with Crippen LogP contribution in [0, 0.1) is 6.92 Å². The van der Waals surface area contributed by atoms with Crippen LogP contribution in [-0.4, -0.2) is 72.8 Å². The van der Waals surface area contributed by atoms with E-state index in [0.29, 0.717) is 24.4 Å². The third-order valence-corrected chi connectivity index (χ3v) is 11.3. The van der Waals surface area contributed by atoms with Crippen LogP contribution >= 0.6 is 11.3 Å². The molecule has 0 bridgehead atoms. The molecule has 3 aromatic heterocycles. The predicted octanol–water partition coefficient (Wildman–Crippen LogP) is 7.57. The number of nitrogens with zero attached hydrogens (tertiary/aromatic N) is 5. The molecule has 0 radical (unpaired) electrons. The van der Waals surface area contributed by atoms with Crippen molar-refractivity contribution in [3.63, 3.8) is 0 Å². The maximum Gasteiger partial charge on any atom is 0.407 e. The van der Waals surface area contributed by atoms with Gasteiger partial charge in [0.15, 0.2) is 0 Å². The Kier molecular flexibility index (Phi) is 10.3. The Morgan fingerprint density at radius 2 is 1.35 bits per heavy atom. The van der Waals surface area contributed by atoms with Gasteiger partial charge in [-0.25, -0.2) is 19.7 Å². The lowest BCUT2D eigenvalue weighted by Crippen LogP contribution is -2.42. The van der Waals surface area contributed by atoms with E-state index < -0.39 is 12.1 Å². The van der Waals surface area contributed by atoms with Crippen molar-refractivity contribution >= 4 is 29.2 Å². The second kappa shape index (κ2) is 15.7. The lowest BCUT2D eigenvalue weighted by atomic mass is 10.0. The minimum atomic E-state index is -0.869. The van der Waals surface area contributed by atoms with Gasteiger partial charge in [-0.15, -0.1) is 11.3 Å². The van der Waals surface area contributed by atoms with Gasteiger partial charge in [-0.05, 0) is 60.4 Å². The van der Waals surface area contributed by atoms with E-state index in [1.165, 1.54) is 7.11 Å². The fourth-order valence-electron chi connectivity index (χ4n) is 7.68. The molecule has 3 N–H and O–H groups in total. The first-order chi connectivity index (χ1) is 26.8. The number of carbonyl (C=O) groups excluding carboxylic acids is 3. The lowest BCUT2D eigenvalue weighted by Gasteiger charge is -2.28. The number of benzene rings is 3. The zero-order chi connectivity index (χ0) is 37.9. The van der Waals surface area contributed by atoms with Gasteiger partial charge >= 0.3 is 6.09 Å². The number of imidazole rings is 2. The van der Waals surface area contributed by atoms with E-state index >= 15 is 0 Å². The topological polar surface area (TPSA) is 149 Å². The molecular formula is C42H42N8O4S. The van der Waals surface area contributed by atoms with Crippen molar-refractivity contribution in [3.8, 4) is 33.6 Å². The highest BCUT2D eigenvalue weighted by atomic mass is 32.1. The summed E-state index contributed by atoms with van der Waals surface area (Å²) >= 11 is 1.57. The van der Waals surface area contributed by atoms with Crippen molar-refractivity contribution in [1.82, 2.24) is 40.0 Å². The van der Waals surface area contributed by atoms with Crippen molar-refractivity contribution in [3.05, 3.63) is 125 Å². The number of methoxy groups -OCH3 is 1. The number of hydrogen-bond acceptors (Lipinski definition) is 8. The van der Waals surface area contributed by atoms with Crippen molar-refractivity contribution in [1.29, 1.82) is 0 Å². The molecule has 0 aliphatic carbocycles. The number of aromatic nitrogens is 5. The molecule has 6 aromatic rings. The molecule has 0 spiro atoms. The molecule has 3 aromatic carbocycles. The zero-order valence-electron chi connectivity index (χ0n) is 30.7. The van der Waals surface area contributed by atoms with Crippen LogP contribution in [0.3, 0.4) is 0 Å². The van der Waals surface area contributed by atoms with E-state index in [2.05, 4.69) is 68.8 Å². The number of alkyl carbamates (subject to hydrolysis) is 1. The maximum atomic E-state index is 13.9. The zero-order valence-corrected chi connectivity index (χ0v) is 31.5. The Hall–Kier alpha value is -6.08. The summed E-state index contributed by atoms with van der Waals surface area (Å²) in [6.07, 6.45) is 6.74. The molecule has 0 saturated carbocycles. The standard InChI is InChI=1S/C42H42N8O4S/c1-26-45-32(25-55-26)22-37(51)49-20-6-10-35(49)39-43-23-33(46-39)29-16-12-27(13-17-29)28-14-18-30(19-15-28)34-24-44-40(47-34)36-11-7-21-50(36)41(52)38(48-42(53)54-2)31-8-4-3-5-9-31/h3-5,8-9,12-19,23-25,35-36,38H,6-7,10-11,20-22H2,1-2H3,(H,43,46)(H,44,47)(H,48,53)/t35-,36-,38+/m0/s1. The first-order valence-electron chi connectivity index (χ1n) is 18.6. The summed E-state index contributed by atoms with van der Waals surface area (Å²) in [7, 11) is 1.29. The quantitative estimate of drug-likeness (QED) is 0.131. The number of likely N-dealkylation sites (tertiary alicyclic amines) is 2. The van der Waals surface area contributed by atoms with Crippen molar-refractivity contribution in [2.45, 2.75) is 57.2 Å².